The van der Waals surface area contributed by atoms with Crippen LogP contribution in [0.5, 0.6) is 5.75 Å². The lowest BCUT2D eigenvalue weighted by atomic mass is 10.2. The van der Waals surface area contributed by atoms with Crippen molar-refractivity contribution in [2.24, 2.45) is 4.99 Å². The van der Waals surface area contributed by atoms with Gasteiger partial charge in [0.25, 0.3) is 0 Å². The number of nitrogens with zero attached hydrogens (tertiary/aromatic N) is 1. The Morgan fingerprint density at radius 2 is 1.81 bits per heavy atom. The molecule has 0 heterocycles. The third-order valence-electron chi connectivity index (χ3n) is 2.73. The highest BCUT2D eigenvalue weighted by Gasteiger charge is 2.11. The minimum Gasteiger partial charge on any atom is -0.479 e. The summed E-state index contributed by atoms with van der Waals surface area (Å²) in [5.74, 6) is -0.462. The number of rotatable bonds is 5. The highest BCUT2D eigenvalue weighted by Crippen LogP contribution is 2.16. The summed E-state index contributed by atoms with van der Waals surface area (Å²) in [6.07, 6.45) is 0.892. The van der Waals surface area contributed by atoms with Crippen LogP contribution in [0.1, 0.15) is 12.5 Å². The molecule has 0 aliphatic heterocycles. The molecule has 0 aliphatic rings. The van der Waals surface area contributed by atoms with Gasteiger partial charge in [-0.25, -0.2) is 4.79 Å². The van der Waals surface area contributed by atoms with E-state index in [0.29, 0.717) is 5.75 Å². The molecule has 108 valence electrons. The number of carbonyl (C=O) groups is 1. The molecule has 0 aromatic heterocycles. The van der Waals surface area contributed by atoms with Gasteiger partial charge >= 0.3 is 5.97 Å². The van der Waals surface area contributed by atoms with Gasteiger partial charge in [-0.3, -0.25) is 4.99 Å². The van der Waals surface area contributed by atoms with Gasteiger partial charge in [-0.1, -0.05) is 0 Å². The second-order valence-corrected chi connectivity index (χ2v) is 5.65. The van der Waals surface area contributed by atoms with Gasteiger partial charge in [-0.15, -0.1) is 0 Å². The Balaban J connectivity index is 2.02. The number of aliphatic imine (C=N–C) groups is 1. The number of carboxylic acids is 1. The smallest absolute Gasteiger partial charge is 0.344 e. The van der Waals surface area contributed by atoms with E-state index in [0.717, 1.165) is 11.3 Å². The Hall–Kier alpha value is -1.89. The van der Waals surface area contributed by atoms with Crippen molar-refractivity contribution in [2.45, 2.75) is 13.0 Å². The lowest BCUT2D eigenvalue weighted by Crippen LogP contribution is -2.22. The Morgan fingerprint density at radius 1 is 1.19 bits per heavy atom. The van der Waals surface area contributed by atoms with Crippen molar-refractivity contribution in [3.05, 3.63) is 57.7 Å². The second kappa shape index (κ2) is 7.21. The number of hydrogen-bond acceptors (Lipinski definition) is 3. The lowest BCUT2D eigenvalue weighted by Gasteiger charge is -2.09. The van der Waals surface area contributed by atoms with E-state index in [1.165, 1.54) is 10.5 Å². The van der Waals surface area contributed by atoms with Crippen LogP contribution in [0.15, 0.2) is 53.5 Å². The van der Waals surface area contributed by atoms with Crippen LogP contribution in [0.2, 0.25) is 0 Å². The Kier molecular flexibility index (Phi) is 5.32. The maximum Gasteiger partial charge on any atom is 0.344 e. The molecule has 2 rings (SSSR count). The number of ether oxygens (including phenoxy) is 1. The summed E-state index contributed by atoms with van der Waals surface area (Å²) in [6, 6.07) is 15.0. The van der Waals surface area contributed by atoms with E-state index in [1.807, 2.05) is 36.4 Å². The van der Waals surface area contributed by atoms with Gasteiger partial charge < -0.3 is 9.84 Å². The first-order chi connectivity index (χ1) is 10.0. The van der Waals surface area contributed by atoms with Crippen LogP contribution in [0.25, 0.3) is 0 Å². The fourth-order valence-electron chi connectivity index (χ4n) is 1.56. The van der Waals surface area contributed by atoms with E-state index < -0.39 is 12.1 Å². The third-order valence-corrected chi connectivity index (χ3v) is 3.45. The topological polar surface area (TPSA) is 58.9 Å². The maximum absolute atomic E-state index is 10.7. The van der Waals surface area contributed by atoms with Gasteiger partial charge in [-0.05, 0) is 83.6 Å². The molecule has 0 fully saturated rings. The minimum absolute atomic E-state index is 0.524. The van der Waals surface area contributed by atoms with Crippen LogP contribution in [-0.4, -0.2) is 23.4 Å². The molecular weight excluding hydrogens is 381 g/mol. The summed E-state index contributed by atoms with van der Waals surface area (Å²) in [4.78, 5) is 15.1. The molecule has 0 spiro atoms. The summed E-state index contributed by atoms with van der Waals surface area (Å²) >= 11 is 2.25. The number of benzene rings is 2. The Morgan fingerprint density at radius 3 is 2.38 bits per heavy atom. The van der Waals surface area contributed by atoms with Crippen LogP contribution in [-0.2, 0) is 4.79 Å². The summed E-state index contributed by atoms with van der Waals surface area (Å²) in [6.45, 7) is 1.49. The highest BCUT2D eigenvalue weighted by molar-refractivity contribution is 14.1. The zero-order chi connectivity index (χ0) is 15.2. The van der Waals surface area contributed by atoms with Crippen molar-refractivity contribution in [3.8, 4) is 5.75 Å². The molecule has 0 saturated carbocycles. The predicted molar refractivity (Wildman–Crippen MR) is 90.6 cm³/mol. The minimum atomic E-state index is -0.987. The molecule has 2 aromatic rings. The van der Waals surface area contributed by atoms with Gasteiger partial charge in [0.05, 0.1) is 5.69 Å². The molecule has 0 amide bonds. The molecule has 0 aliphatic carbocycles. The van der Waals surface area contributed by atoms with E-state index in [1.54, 1.807) is 18.3 Å². The van der Waals surface area contributed by atoms with Crippen LogP contribution in [0.4, 0.5) is 5.69 Å². The van der Waals surface area contributed by atoms with Crippen molar-refractivity contribution in [2.75, 3.05) is 0 Å². The quantitative estimate of drug-likeness (QED) is 0.617. The molecule has 0 unspecified atom stereocenters. The third kappa shape index (κ3) is 4.86. The van der Waals surface area contributed by atoms with E-state index in [9.17, 15) is 4.79 Å². The number of carboxylic acid groups (broad SMARTS) is 1. The fourth-order valence-corrected chi connectivity index (χ4v) is 1.92. The fraction of sp³-hybridized carbons (Fsp3) is 0.125. The summed E-state index contributed by atoms with van der Waals surface area (Å²) in [5, 5.41) is 8.78. The van der Waals surface area contributed by atoms with Gasteiger partial charge in [0, 0.05) is 9.78 Å². The molecule has 5 heteroatoms. The van der Waals surface area contributed by atoms with Crippen molar-refractivity contribution < 1.29 is 14.6 Å². The first kappa shape index (κ1) is 15.5. The van der Waals surface area contributed by atoms with Crippen LogP contribution < -0.4 is 4.74 Å². The first-order valence-corrected chi connectivity index (χ1v) is 7.41. The summed E-state index contributed by atoms with van der Waals surface area (Å²) in [7, 11) is 0. The van der Waals surface area contributed by atoms with Gasteiger partial charge in [-0.2, -0.15) is 0 Å². The maximum atomic E-state index is 10.7. The molecule has 2 aromatic carbocycles. The van der Waals surface area contributed by atoms with Gasteiger partial charge in [0.2, 0.25) is 0 Å². The Labute approximate surface area is 136 Å². The normalized spacial score (nSPS) is 12.3. The average molecular weight is 395 g/mol. The van der Waals surface area contributed by atoms with Crippen molar-refractivity contribution in [3.63, 3.8) is 0 Å². The molecule has 0 bridgehead atoms. The monoisotopic (exact) mass is 395 g/mol. The van der Waals surface area contributed by atoms with E-state index in [-0.39, 0.29) is 0 Å². The molecule has 0 saturated heterocycles. The highest BCUT2D eigenvalue weighted by atomic mass is 127. The summed E-state index contributed by atoms with van der Waals surface area (Å²) in [5.41, 5.74) is 1.80. The molecule has 0 radical (unpaired) electrons. The summed E-state index contributed by atoms with van der Waals surface area (Å²) < 4.78 is 6.43. The number of halogens is 1. The standard InChI is InChI=1S/C16H14INO3/c1-11(16(19)20)21-15-8-2-12(3-9-15)10-18-14-6-4-13(17)5-7-14/h2-11H,1H3,(H,19,20)/t11-/m0/s1. The van der Waals surface area contributed by atoms with E-state index >= 15 is 0 Å². The number of aliphatic carboxylic acids is 1. The molecule has 1 N–H and O–H groups in total. The predicted octanol–water partition coefficient (Wildman–Crippen LogP) is 3.89. The Bertz CT molecular complexity index is 636. The largest absolute Gasteiger partial charge is 0.479 e. The van der Waals surface area contributed by atoms with Crippen molar-refractivity contribution in [1.82, 2.24) is 0 Å². The van der Waals surface area contributed by atoms with Crippen LogP contribution in [0.3, 0.4) is 0 Å². The zero-order valence-electron chi connectivity index (χ0n) is 11.4. The lowest BCUT2D eigenvalue weighted by molar-refractivity contribution is -0.144. The van der Waals surface area contributed by atoms with Gasteiger partial charge in [0.15, 0.2) is 6.10 Å². The van der Waals surface area contributed by atoms with Gasteiger partial charge in [0.1, 0.15) is 5.75 Å². The zero-order valence-corrected chi connectivity index (χ0v) is 13.5. The SMILES string of the molecule is C[C@H](Oc1ccc(C=Nc2ccc(I)cc2)cc1)C(=O)O. The molecule has 21 heavy (non-hydrogen) atoms. The molecule has 4 nitrogen and oxygen atoms in total. The van der Waals surface area contributed by atoms with Crippen LogP contribution in [0, 0.1) is 3.57 Å². The second-order valence-electron chi connectivity index (χ2n) is 4.40. The number of hydrogen-bond donors (Lipinski definition) is 1. The molecule has 1 atom stereocenters. The van der Waals surface area contributed by atoms with Crippen LogP contribution >= 0.6 is 22.6 Å². The van der Waals surface area contributed by atoms with Crippen molar-refractivity contribution in [1.29, 1.82) is 0 Å². The van der Waals surface area contributed by atoms with E-state index in [2.05, 4.69) is 27.6 Å². The van der Waals surface area contributed by atoms with E-state index in [4.69, 9.17) is 9.84 Å². The first-order valence-electron chi connectivity index (χ1n) is 6.34. The molecular formula is C16H14INO3. The average Bonchev–Trinajstić information content (AvgIpc) is 2.48. The van der Waals surface area contributed by atoms with Crippen molar-refractivity contribution >= 4 is 40.5 Å².